The largest absolute Gasteiger partial charge is 0.496 e. The molecule has 0 aliphatic heterocycles. The average molecular weight is 546 g/mol. The molecule has 0 aliphatic carbocycles. The number of nitrogens with zero attached hydrogens (tertiary/aromatic N) is 4. The number of esters is 1. The third-order valence-corrected chi connectivity index (χ3v) is 5.95. The van der Waals surface area contributed by atoms with Crippen LogP contribution in [-0.4, -0.2) is 65.1 Å². The van der Waals surface area contributed by atoms with E-state index in [2.05, 4.69) is 14.8 Å². The molecule has 0 bridgehead atoms. The summed E-state index contributed by atoms with van der Waals surface area (Å²) in [5.74, 6) is -1.14. The fourth-order valence-corrected chi connectivity index (χ4v) is 4.05. The summed E-state index contributed by atoms with van der Waals surface area (Å²) in [4.78, 5) is 28.3. The number of hydrogen-bond donors (Lipinski definition) is 1. The molecule has 0 radical (unpaired) electrons. The Morgan fingerprint density at radius 3 is 2.36 bits per heavy atom. The molecule has 0 spiro atoms. The van der Waals surface area contributed by atoms with Crippen molar-refractivity contribution in [3.05, 3.63) is 54.6 Å². The number of aromatic nitrogens is 4. The van der Waals surface area contributed by atoms with Crippen molar-refractivity contribution in [2.45, 2.75) is 25.6 Å². The number of aryl methyl sites for hydroxylation is 1. The van der Waals surface area contributed by atoms with Crippen molar-refractivity contribution >= 4 is 17.5 Å². The Hall–Kier alpha value is -4.55. The van der Waals surface area contributed by atoms with Crippen molar-refractivity contribution in [2.75, 3.05) is 27.9 Å². The smallest absolute Gasteiger partial charge is 0.405 e. The van der Waals surface area contributed by atoms with Gasteiger partial charge in [0.15, 0.2) is 0 Å². The lowest BCUT2D eigenvalue weighted by atomic mass is 10.1. The van der Waals surface area contributed by atoms with Gasteiger partial charge in [-0.25, -0.2) is 4.98 Å². The summed E-state index contributed by atoms with van der Waals surface area (Å²) in [5.41, 5.74) is 3.46. The van der Waals surface area contributed by atoms with Crippen LogP contribution in [0.2, 0.25) is 0 Å². The lowest BCUT2D eigenvalue weighted by molar-refractivity contribution is -0.140. The lowest BCUT2D eigenvalue weighted by Gasteiger charge is -2.16. The Morgan fingerprint density at radius 2 is 1.72 bits per heavy atom. The fourth-order valence-electron chi connectivity index (χ4n) is 4.05. The van der Waals surface area contributed by atoms with E-state index >= 15 is 0 Å². The molecule has 0 aliphatic rings. The number of amides is 1. The maximum atomic E-state index is 12.6. The zero-order valence-electron chi connectivity index (χ0n) is 21.4. The van der Waals surface area contributed by atoms with Crippen LogP contribution in [-0.2, 0) is 16.1 Å². The molecule has 39 heavy (non-hydrogen) atoms. The van der Waals surface area contributed by atoms with Crippen LogP contribution >= 0.6 is 0 Å². The number of methoxy groups -OCH3 is 3. The van der Waals surface area contributed by atoms with Gasteiger partial charge in [-0.2, -0.15) is 18.3 Å². The van der Waals surface area contributed by atoms with Gasteiger partial charge in [0, 0.05) is 36.5 Å². The van der Waals surface area contributed by atoms with E-state index in [1.165, 1.54) is 21.3 Å². The summed E-state index contributed by atoms with van der Waals surface area (Å²) in [6.45, 7) is -0.916. The van der Waals surface area contributed by atoms with E-state index in [0.29, 0.717) is 36.3 Å². The molecule has 4 aromatic rings. The summed E-state index contributed by atoms with van der Waals surface area (Å²) in [6.07, 6.45) is 3.42. The van der Waals surface area contributed by atoms with Crippen molar-refractivity contribution in [3.8, 4) is 33.9 Å². The van der Waals surface area contributed by atoms with Gasteiger partial charge in [0.25, 0.3) is 5.91 Å². The molecule has 10 nitrogen and oxygen atoms in total. The molecular weight excluding hydrogens is 519 g/mol. The predicted octanol–water partition coefficient (Wildman–Crippen LogP) is 4.13. The van der Waals surface area contributed by atoms with Crippen molar-refractivity contribution in [1.82, 2.24) is 24.5 Å². The highest BCUT2D eigenvalue weighted by Crippen LogP contribution is 2.36. The highest BCUT2D eigenvalue weighted by atomic mass is 19.4. The lowest BCUT2D eigenvalue weighted by Crippen LogP contribution is -2.34. The summed E-state index contributed by atoms with van der Waals surface area (Å²) < 4.78 is 56.7. The van der Waals surface area contributed by atoms with E-state index < -0.39 is 18.6 Å². The second-order valence-electron chi connectivity index (χ2n) is 8.51. The molecule has 4 rings (SSSR count). The SMILES string of the molecule is COC(=O)CCCn1cc(-c2ccn3c(-c4cc(OC)c(C(=O)NCC(F)(F)F)c(OC)c4)cnc3c2)cn1. The molecular formula is C26H26F3N5O5. The highest BCUT2D eigenvalue weighted by Gasteiger charge is 2.30. The van der Waals surface area contributed by atoms with Crippen LogP contribution in [0.3, 0.4) is 0 Å². The molecule has 0 atom stereocenters. The Balaban J connectivity index is 1.60. The van der Waals surface area contributed by atoms with Crippen molar-refractivity contribution < 1.29 is 37.0 Å². The van der Waals surface area contributed by atoms with E-state index in [4.69, 9.17) is 9.47 Å². The second kappa shape index (κ2) is 11.5. The predicted molar refractivity (Wildman–Crippen MR) is 135 cm³/mol. The number of alkyl halides is 3. The number of rotatable bonds is 10. The number of ether oxygens (including phenoxy) is 3. The maximum absolute atomic E-state index is 12.6. The minimum atomic E-state index is -4.56. The quantitative estimate of drug-likeness (QED) is 0.299. The number of pyridine rings is 1. The van der Waals surface area contributed by atoms with Crippen LogP contribution in [0.4, 0.5) is 13.2 Å². The third kappa shape index (κ3) is 6.30. The van der Waals surface area contributed by atoms with Crippen molar-refractivity contribution in [1.29, 1.82) is 0 Å². The Kier molecular flexibility index (Phi) is 8.07. The van der Waals surface area contributed by atoms with Crippen LogP contribution in [0, 0.1) is 0 Å². The van der Waals surface area contributed by atoms with Gasteiger partial charge in [0.1, 0.15) is 29.3 Å². The van der Waals surface area contributed by atoms with Gasteiger partial charge in [0.2, 0.25) is 0 Å². The van der Waals surface area contributed by atoms with Gasteiger partial charge >= 0.3 is 12.1 Å². The minimum Gasteiger partial charge on any atom is -0.496 e. The average Bonchev–Trinajstić information content (AvgIpc) is 3.57. The van der Waals surface area contributed by atoms with Gasteiger partial charge in [-0.05, 0) is 36.2 Å². The zero-order chi connectivity index (χ0) is 28.2. The Morgan fingerprint density at radius 1 is 1.00 bits per heavy atom. The van der Waals surface area contributed by atoms with Crippen LogP contribution in [0.1, 0.15) is 23.2 Å². The number of carbonyl (C=O) groups is 2. The first-order valence-electron chi connectivity index (χ1n) is 11.8. The van der Waals surface area contributed by atoms with Crippen LogP contribution < -0.4 is 14.8 Å². The number of benzene rings is 1. The third-order valence-electron chi connectivity index (χ3n) is 5.95. The van der Waals surface area contributed by atoms with Crippen LogP contribution in [0.15, 0.2) is 49.1 Å². The van der Waals surface area contributed by atoms with Crippen LogP contribution in [0.25, 0.3) is 28.0 Å². The number of nitrogens with one attached hydrogen (secondary N) is 1. The number of imidazole rings is 1. The number of carbonyl (C=O) groups excluding carboxylic acids is 2. The molecule has 1 aromatic carbocycles. The van der Waals surface area contributed by atoms with Crippen molar-refractivity contribution in [2.24, 2.45) is 0 Å². The molecule has 0 unspecified atom stereocenters. The number of hydrogen-bond acceptors (Lipinski definition) is 7. The van der Waals surface area contributed by atoms with E-state index in [1.54, 1.807) is 29.2 Å². The number of fused-ring (bicyclic) bond motifs is 1. The normalized spacial score (nSPS) is 11.4. The molecule has 0 saturated carbocycles. The zero-order valence-corrected chi connectivity index (χ0v) is 21.4. The van der Waals surface area contributed by atoms with Crippen molar-refractivity contribution in [3.63, 3.8) is 0 Å². The second-order valence-corrected chi connectivity index (χ2v) is 8.51. The minimum absolute atomic E-state index is 0.0511. The van der Waals surface area contributed by atoms with E-state index in [-0.39, 0.29) is 23.0 Å². The first-order chi connectivity index (χ1) is 18.6. The van der Waals surface area contributed by atoms with Gasteiger partial charge in [-0.3, -0.25) is 18.7 Å². The van der Waals surface area contributed by atoms with E-state index in [9.17, 15) is 22.8 Å². The van der Waals surface area contributed by atoms with Crippen LogP contribution in [0.5, 0.6) is 11.5 Å². The standard InChI is InChI=1S/C26H26F3N5O5/c1-37-20-9-17(10-21(38-2)24(20)25(36)31-15-26(27,28)29)19-13-30-22-11-16(6-8-34(19)22)18-12-32-33(14-18)7-4-5-23(35)39-3/h6,8-14H,4-5,7,15H2,1-3H3,(H,31,36). The number of halogens is 3. The van der Waals surface area contributed by atoms with Gasteiger partial charge in [-0.1, -0.05) is 0 Å². The maximum Gasteiger partial charge on any atom is 0.405 e. The first kappa shape index (κ1) is 27.5. The fraction of sp³-hybridized carbons (Fsp3) is 0.308. The van der Waals surface area contributed by atoms with Gasteiger partial charge in [0.05, 0.1) is 39.4 Å². The van der Waals surface area contributed by atoms with Gasteiger partial charge < -0.3 is 19.5 Å². The van der Waals surface area contributed by atoms with E-state index in [1.807, 2.05) is 34.2 Å². The Labute approximate surface area is 221 Å². The molecule has 3 aromatic heterocycles. The topological polar surface area (TPSA) is 109 Å². The molecule has 206 valence electrons. The molecule has 0 saturated heterocycles. The summed E-state index contributed by atoms with van der Waals surface area (Å²) in [7, 11) is 3.99. The molecule has 1 N–H and O–H groups in total. The molecule has 0 fully saturated rings. The summed E-state index contributed by atoms with van der Waals surface area (Å²) >= 11 is 0. The summed E-state index contributed by atoms with van der Waals surface area (Å²) in [6, 6.07) is 6.86. The first-order valence-corrected chi connectivity index (χ1v) is 11.8. The highest BCUT2D eigenvalue weighted by molar-refractivity contribution is 6.00. The monoisotopic (exact) mass is 545 g/mol. The molecule has 3 heterocycles. The van der Waals surface area contributed by atoms with E-state index in [0.717, 1.165) is 11.1 Å². The van der Waals surface area contributed by atoms with Gasteiger partial charge in [-0.15, -0.1) is 0 Å². The Bertz CT molecular complexity index is 1470. The summed E-state index contributed by atoms with van der Waals surface area (Å²) in [5, 5.41) is 6.20. The molecule has 1 amide bonds. The molecule has 13 heteroatoms.